The largest absolute Gasteiger partial charge is 0.377 e. The van der Waals surface area contributed by atoms with Crippen LogP contribution in [0.1, 0.15) is 46.6 Å². The van der Waals surface area contributed by atoms with Gasteiger partial charge in [0.2, 0.25) is 5.82 Å². The van der Waals surface area contributed by atoms with E-state index >= 15 is 0 Å². The van der Waals surface area contributed by atoms with Crippen LogP contribution in [0.2, 0.25) is 0 Å². The summed E-state index contributed by atoms with van der Waals surface area (Å²) in [5, 5.41) is 10.8. The fraction of sp³-hybridized carbons (Fsp3) is 0.412. The van der Waals surface area contributed by atoms with Crippen molar-refractivity contribution >= 4 is 11.7 Å². The van der Waals surface area contributed by atoms with Crippen molar-refractivity contribution in [2.75, 3.05) is 7.11 Å². The molecule has 1 aliphatic rings. The van der Waals surface area contributed by atoms with E-state index in [1.54, 1.807) is 23.8 Å². The summed E-state index contributed by atoms with van der Waals surface area (Å²) < 4.78 is 6.58. The third-order valence-electron chi connectivity index (χ3n) is 4.61. The highest BCUT2D eigenvalue weighted by Gasteiger charge is 2.33. The molecule has 0 atom stereocenters. The molecule has 1 saturated carbocycles. The maximum absolute atomic E-state index is 12.5. The van der Waals surface area contributed by atoms with Crippen LogP contribution >= 0.6 is 0 Å². The van der Waals surface area contributed by atoms with Crippen molar-refractivity contribution < 1.29 is 9.53 Å². The third kappa shape index (κ3) is 3.43. The fourth-order valence-electron chi connectivity index (χ4n) is 3.20. The van der Waals surface area contributed by atoms with E-state index in [9.17, 15) is 9.59 Å². The van der Waals surface area contributed by atoms with E-state index in [0.717, 1.165) is 11.4 Å². The van der Waals surface area contributed by atoms with Crippen LogP contribution in [0.15, 0.2) is 23.1 Å². The smallest absolute Gasteiger partial charge is 0.289 e. The summed E-state index contributed by atoms with van der Waals surface area (Å²) in [5.41, 5.74) is 1.34. The van der Waals surface area contributed by atoms with Crippen molar-refractivity contribution in [1.29, 1.82) is 0 Å². The Bertz CT molecular complexity index is 1050. The molecular weight excluding hydrogens is 350 g/mol. The lowest BCUT2D eigenvalue weighted by Crippen LogP contribution is -2.44. The molecular formula is C17H19N7O3. The molecule has 0 aromatic carbocycles. The standard InChI is InChI=1S/C17H19N7O3/c1-9-3-4-24-15(22-23-17(24)18-9)16(26)19-11-5-10(6-11)12-7-14(25)21-13(20-12)8-27-2/h3-4,7,10-11H,5-6,8H2,1-2H3,(H,19,26)(H,20,21,25). The minimum absolute atomic E-state index is 0.000204. The molecule has 27 heavy (non-hydrogen) atoms. The second-order valence-corrected chi connectivity index (χ2v) is 6.65. The zero-order chi connectivity index (χ0) is 19.0. The van der Waals surface area contributed by atoms with E-state index < -0.39 is 0 Å². The Kier molecular flexibility index (Phi) is 4.40. The van der Waals surface area contributed by atoms with Crippen LogP contribution < -0.4 is 10.9 Å². The molecule has 3 aromatic rings. The number of rotatable bonds is 5. The van der Waals surface area contributed by atoms with Crippen LogP contribution in [-0.4, -0.2) is 48.6 Å². The van der Waals surface area contributed by atoms with Gasteiger partial charge < -0.3 is 15.0 Å². The number of H-pyrrole nitrogens is 1. The number of methoxy groups -OCH3 is 1. The summed E-state index contributed by atoms with van der Waals surface area (Å²) in [6.07, 6.45) is 3.15. The quantitative estimate of drug-likeness (QED) is 0.664. The summed E-state index contributed by atoms with van der Waals surface area (Å²) in [4.78, 5) is 35.6. The van der Waals surface area contributed by atoms with Gasteiger partial charge in [-0.3, -0.25) is 14.0 Å². The summed E-state index contributed by atoms with van der Waals surface area (Å²) in [5.74, 6) is 0.941. The number of aromatic nitrogens is 6. The first-order valence-corrected chi connectivity index (χ1v) is 8.62. The van der Waals surface area contributed by atoms with Gasteiger partial charge in [-0.25, -0.2) is 9.97 Å². The molecule has 0 unspecified atom stereocenters. The lowest BCUT2D eigenvalue weighted by molar-refractivity contribution is 0.0896. The highest BCUT2D eigenvalue weighted by atomic mass is 16.5. The number of carbonyl (C=O) groups is 1. The number of nitrogens with one attached hydrogen (secondary N) is 2. The molecule has 0 aliphatic heterocycles. The van der Waals surface area contributed by atoms with E-state index in [4.69, 9.17) is 4.74 Å². The van der Waals surface area contributed by atoms with Crippen molar-refractivity contribution in [3.05, 3.63) is 51.7 Å². The first kappa shape index (κ1) is 17.3. The molecule has 10 nitrogen and oxygen atoms in total. The number of fused-ring (bicyclic) bond motifs is 1. The van der Waals surface area contributed by atoms with E-state index in [2.05, 4.69) is 30.5 Å². The highest BCUT2D eigenvalue weighted by molar-refractivity contribution is 5.91. The van der Waals surface area contributed by atoms with Crippen LogP contribution in [-0.2, 0) is 11.3 Å². The molecule has 4 rings (SSSR count). The Balaban J connectivity index is 1.41. The molecule has 1 aliphatic carbocycles. The minimum Gasteiger partial charge on any atom is -0.377 e. The molecule has 3 heterocycles. The normalized spacial score (nSPS) is 19.0. The number of aromatic amines is 1. The highest BCUT2D eigenvalue weighted by Crippen LogP contribution is 2.35. The number of nitrogens with zero attached hydrogens (tertiary/aromatic N) is 5. The first-order chi connectivity index (χ1) is 13.0. The molecule has 2 N–H and O–H groups in total. The Morgan fingerprint density at radius 2 is 2.19 bits per heavy atom. The van der Waals surface area contributed by atoms with Gasteiger partial charge in [0.25, 0.3) is 17.2 Å². The first-order valence-electron chi connectivity index (χ1n) is 8.62. The Labute approximate surface area is 154 Å². The average Bonchev–Trinajstić information content (AvgIpc) is 3.00. The predicted molar refractivity (Wildman–Crippen MR) is 94.3 cm³/mol. The van der Waals surface area contributed by atoms with Gasteiger partial charge in [0.1, 0.15) is 12.4 Å². The second-order valence-electron chi connectivity index (χ2n) is 6.65. The Morgan fingerprint density at radius 3 is 2.96 bits per heavy atom. The van der Waals surface area contributed by atoms with Crippen LogP contribution in [0.25, 0.3) is 5.78 Å². The molecule has 10 heteroatoms. The number of hydrogen-bond acceptors (Lipinski definition) is 7. The molecule has 0 radical (unpaired) electrons. The number of amides is 1. The lowest BCUT2D eigenvalue weighted by Gasteiger charge is -2.35. The van der Waals surface area contributed by atoms with Crippen LogP contribution in [0.4, 0.5) is 0 Å². The van der Waals surface area contributed by atoms with Gasteiger partial charge in [-0.15, -0.1) is 10.2 Å². The number of hydrogen-bond donors (Lipinski definition) is 2. The second kappa shape index (κ2) is 6.88. The minimum atomic E-state index is -0.296. The average molecular weight is 369 g/mol. The van der Waals surface area contributed by atoms with E-state index in [0.29, 0.717) is 24.4 Å². The Hall–Kier alpha value is -3.14. The maximum Gasteiger partial charge on any atom is 0.289 e. The topological polar surface area (TPSA) is 127 Å². The number of carbonyl (C=O) groups excluding carboxylic acids is 1. The molecule has 140 valence electrons. The fourth-order valence-corrected chi connectivity index (χ4v) is 3.20. The SMILES string of the molecule is COCc1nc(C2CC(NC(=O)c3nnc4nc(C)ccn34)C2)cc(=O)[nH]1. The maximum atomic E-state index is 12.5. The molecule has 0 bridgehead atoms. The van der Waals surface area contributed by atoms with Crippen molar-refractivity contribution in [3.63, 3.8) is 0 Å². The lowest BCUT2D eigenvalue weighted by atomic mass is 9.78. The van der Waals surface area contributed by atoms with E-state index in [1.165, 1.54) is 6.07 Å². The van der Waals surface area contributed by atoms with Crippen molar-refractivity contribution in [1.82, 2.24) is 34.9 Å². The summed E-state index contributed by atoms with van der Waals surface area (Å²) >= 11 is 0. The van der Waals surface area contributed by atoms with Gasteiger partial charge in [-0.05, 0) is 25.8 Å². The van der Waals surface area contributed by atoms with Gasteiger partial charge in [0.05, 0.1) is 5.69 Å². The summed E-state index contributed by atoms with van der Waals surface area (Å²) in [6.45, 7) is 2.10. The monoisotopic (exact) mass is 369 g/mol. The third-order valence-corrected chi connectivity index (χ3v) is 4.61. The number of aryl methyl sites for hydroxylation is 1. The van der Waals surface area contributed by atoms with Gasteiger partial charge in [-0.2, -0.15) is 0 Å². The van der Waals surface area contributed by atoms with Crippen LogP contribution in [0.5, 0.6) is 0 Å². The summed E-state index contributed by atoms with van der Waals surface area (Å²) in [7, 11) is 1.55. The van der Waals surface area contributed by atoms with E-state index in [1.807, 2.05) is 6.92 Å². The molecule has 1 fully saturated rings. The number of ether oxygens (including phenoxy) is 1. The van der Waals surface area contributed by atoms with Crippen molar-refractivity contribution in [2.24, 2.45) is 0 Å². The van der Waals surface area contributed by atoms with Crippen LogP contribution in [0, 0.1) is 6.92 Å². The zero-order valence-corrected chi connectivity index (χ0v) is 15.0. The molecule has 1 amide bonds. The van der Waals surface area contributed by atoms with Crippen molar-refractivity contribution in [3.8, 4) is 0 Å². The Morgan fingerprint density at radius 1 is 1.37 bits per heavy atom. The summed E-state index contributed by atoms with van der Waals surface area (Å²) in [6, 6.07) is 3.30. The van der Waals surface area contributed by atoms with Crippen molar-refractivity contribution in [2.45, 2.75) is 38.3 Å². The van der Waals surface area contributed by atoms with Gasteiger partial charge in [0.15, 0.2) is 0 Å². The van der Waals surface area contributed by atoms with Gasteiger partial charge in [0, 0.05) is 37.0 Å². The molecule has 0 spiro atoms. The van der Waals surface area contributed by atoms with Gasteiger partial charge >= 0.3 is 0 Å². The van der Waals surface area contributed by atoms with E-state index in [-0.39, 0.29) is 35.9 Å². The van der Waals surface area contributed by atoms with Gasteiger partial charge in [-0.1, -0.05) is 0 Å². The molecule has 3 aromatic heterocycles. The van der Waals surface area contributed by atoms with Crippen LogP contribution in [0.3, 0.4) is 0 Å². The predicted octanol–water partition coefficient (Wildman–Crippen LogP) is 0.338. The molecule has 0 saturated heterocycles. The zero-order valence-electron chi connectivity index (χ0n) is 15.0.